The number of nitrogens with one attached hydrogen (secondary N) is 1. The van der Waals surface area contributed by atoms with Crippen molar-refractivity contribution in [3.63, 3.8) is 0 Å². The van der Waals surface area contributed by atoms with Crippen molar-refractivity contribution >= 4 is 33.4 Å². The second-order valence-electron chi connectivity index (χ2n) is 9.00. The van der Waals surface area contributed by atoms with E-state index in [2.05, 4.69) is 26.1 Å². The van der Waals surface area contributed by atoms with Crippen molar-refractivity contribution in [3.05, 3.63) is 58.8 Å². The Hall–Kier alpha value is -3.33. The first kappa shape index (κ1) is 23.4. The van der Waals surface area contributed by atoms with Crippen LogP contribution in [0.2, 0.25) is 0 Å². The Kier molecular flexibility index (Phi) is 6.27. The molecular weight excluding hydrogens is 512 g/mol. The summed E-state index contributed by atoms with van der Waals surface area (Å²) in [7, 11) is 3.23. The molecule has 0 atom stereocenters. The van der Waals surface area contributed by atoms with E-state index in [1.54, 1.807) is 38.6 Å². The van der Waals surface area contributed by atoms with Gasteiger partial charge in [-0.2, -0.15) is 5.10 Å². The van der Waals surface area contributed by atoms with Crippen LogP contribution in [0.25, 0.3) is 11.1 Å². The number of amides is 2. The zero-order valence-electron chi connectivity index (χ0n) is 19.7. The minimum absolute atomic E-state index is 0.0312. The van der Waals surface area contributed by atoms with Gasteiger partial charge in [0, 0.05) is 53.2 Å². The number of aromatic amines is 1. The molecule has 2 saturated heterocycles. The molecule has 3 aromatic rings. The normalized spacial score (nSPS) is 17.2. The number of hydrogen-bond acceptors (Lipinski definition) is 5. The number of piperidine rings is 1. The number of anilines is 1. The average molecular weight is 539 g/mol. The highest BCUT2D eigenvalue weighted by molar-refractivity contribution is 9.10. The Balaban J connectivity index is 1.29. The molecule has 1 aromatic heterocycles. The Morgan fingerprint density at radius 2 is 1.83 bits per heavy atom. The number of methoxy groups -OCH3 is 2. The van der Waals surface area contributed by atoms with E-state index in [0.29, 0.717) is 54.0 Å². The van der Waals surface area contributed by atoms with Gasteiger partial charge in [0.1, 0.15) is 11.5 Å². The van der Waals surface area contributed by atoms with E-state index in [4.69, 9.17) is 9.47 Å². The van der Waals surface area contributed by atoms with Crippen LogP contribution in [-0.2, 0) is 4.79 Å². The van der Waals surface area contributed by atoms with E-state index in [0.717, 1.165) is 23.2 Å². The molecular formula is C26H27BrN4O4. The predicted octanol–water partition coefficient (Wildman–Crippen LogP) is 4.52. The molecule has 9 heteroatoms. The summed E-state index contributed by atoms with van der Waals surface area (Å²) in [6.45, 7) is 1.77. The van der Waals surface area contributed by atoms with Crippen LogP contribution in [0, 0.1) is 5.41 Å². The fourth-order valence-electron chi connectivity index (χ4n) is 5.12. The molecule has 2 amide bonds. The van der Waals surface area contributed by atoms with E-state index < -0.39 is 5.41 Å². The number of hydrogen-bond donors (Lipinski definition) is 1. The smallest absolute Gasteiger partial charge is 0.255 e. The van der Waals surface area contributed by atoms with Gasteiger partial charge in [0.2, 0.25) is 5.91 Å². The third-order valence-corrected chi connectivity index (χ3v) is 7.89. The van der Waals surface area contributed by atoms with Gasteiger partial charge in [-0.05, 0) is 65.5 Å². The van der Waals surface area contributed by atoms with Gasteiger partial charge < -0.3 is 19.3 Å². The minimum atomic E-state index is -0.426. The van der Waals surface area contributed by atoms with Gasteiger partial charge >= 0.3 is 0 Å². The van der Waals surface area contributed by atoms with Crippen molar-refractivity contribution < 1.29 is 19.1 Å². The summed E-state index contributed by atoms with van der Waals surface area (Å²) in [5, 5.41) is 6.83. The lowest BCUT2D eigenvalue weighted by Gasteiger charge is -2.38. The summed E-state index contributed by atoms with van der Waals surface area (Å²) >= 11 is 3.48. The quantitative estimate of drug-likeness (QED) is 0.516. The third-order valence-electron chi connectivity index (χ3n) is 7.23. The lowest BCUT2D eigenvalue weighted by molar-refractivity contribution is -0.127. The average Bonchev–Trinajstić information content (AvgIpc) is 3.53. The third kappa shape index (κ3) is 4.18. The number of rotatable bonds is 5. The molecule has 35 heavy (non-hydrogen) atoms. The lowest BCUT2D eigenvalue weighted by Crippen LogP contribution is -2.46. The van der Waals surface area contributed by atoms with Crippen LogP contribution >= 0.6 is 15.9 Å². The fraction of sp³-hybridized carbons (Fsp3) is 0.346. The first-order valence-corrected chi connectivity index (χ1v) is 12.4. The highest BCUT2D eigenvalue weighted by Crippen LogP contribution is 2.44. The van der Waals surface area contributed by atoms with Gasteiger partial charge in [-0.25, -0.2) is 0 Å². The summed E-state index contributed by atoms with van der Waals surface area (Å²) in [6, 6.07) is 11.2. The van der Waals surface area contributed by atoms with Gasteiger partial charge in [0.25, 0.3) is 5.91 Å². The molecule has 182 valence electrons. The molecule has 2 fully saturated rings. The Labute approximate surface area is 212 Å². The lowest BCUT2D eigenvalue weighted by atomic mass is 9.77. The Bertz CT molecular complexity index is 1250. The summed E-state index contributed by atoms with van der Waals surface area (Å²) in [6.07, 6.45) is 5.66. The second kappa shape index (κ2) is 9.37. The molecule has 1 spiro atoms. The van der Waals surface area contributed by atoms with Crippen molar-refractivity contribution in [2.75, 3.05) is 38.8 Å². The number of ether oxygens (including phenoxy) is 2. The maximum atomic E-state index is 13.6. The summed E-state index contributed by atoms with van der Waals surface area (Å²) < 4.78 is 11.5. The van der Waals surface area contributed by atoms with Crippen LogP contribution in [0.1, 0.15) is 29.6 Å². The molecule has 1 N–H and O–H groups in total. The van der Waals surface area contributed by atoms with Crippen molar-refractivity contribution in [1.29, 1.82) is 0 Å². The van der Waals surface area contributed by atoms with Crippen molar-refractivity contribution in [3.8, 4) is 22.6 Å². The number of halogens is 1. The van der Waals surface area contributed by atoms with Crippen LogP contribution in [0.15, 0.2) is 53.3 Å². The fourth-order valence-corrected chi connectivity index (χ4v) is 5.65. The van der Waals surface area contributed by atoms with E-state index in [1.165, 1.54) is 0 Å². The molecule has 2 aliphatic rings. The molecule has 5 rings (SSSR count). The minimum Gasteiger partial charge on any atom is -0.497 e. The highest BCUT2D eigenvalue weighted by atomic mass is 79.9. The summed E-state index contributed by atoms with van der Waals surface area (Å²) in [5.74, 6) is 1.49. The number of H-pyrrole nitrogens is 1. The molecule has 0 bridgehead atoms. The van der Waals surface area contributed by atoms with Crippen molar-refractivity contribution in [2.45, 2.75) is 19.3 Å². The number of nitrogens with zero attached hydrogens (tertiary/aromatic N) is 3. The monoisotopic (exact) mass is 538 g/mol. The van der Waals surface area contributed by atoms with Crippen LogP contribution in [0.5, 0.6) is 11.5 Å². The van der Waals surface area contributed by atoms with Gasteiger partial charge in [-0.1, -0.05) is 0 Å². The van der Waals surface area contributed by atoms with E-state index in [9.17, 15) is 9.59 Å². The molecule has 0 aliphatic carbocycles. The van der Waals surface area contributed by atoms with Crippen LogP contribution in [0.3, 0.4) is 0 Å². The Morgan fingerprint density at radius 3 is 2.49 bits per heavy atom. The molecule has 8 nitrogen and oxygen atoms in total. The molecule has 3 heterocycles. The first-order valence-electron chi connectivity index (χ1n) is 11.6. The van der Waals surface area contributed by atoms with Gasteiger partial charge in [-0.3, -0.25) is 14.7 Å². The zero-order valence-corrected chi connectivity index (χ0v) is 21.3. The van der Waals surface area contributed by atoms with E-state index in [-0.39, 0.29) is 11.8 Å². The van der Waals surface area contributed by atoms with Crippen LogP contribution in [0.4, 0.5) is 5.69 Å². The first-order chi connectivity index (χ1) is 17.0. The maximum absolute atomic E-state index is 13.6. The molecule has 2 aromatic carbocycles. The van der Waals surface area contributed by atoms with Gasteiger partial charge in [0.05, 0.1) is 31.4 Å². The number of carbonyl (C=O) groups is 2. The number of likely N-dealkylation sites (tertiary alicyclic amines) is 1. The summed E-state index contributed by atoms with van der Waals surface area (Å²) in [4.78, 5) is 30.4. The zero-order chi connectivity index (χ0) is 24.6. The standard InChI is InChI=1S/C26H27BrN4O4/c1-34-19-4-6-21(22(27)14-19)24(32)30-10-7-26(8-11-30)9-12-31(25(26)33)18-3-5-20(23(13-18)35-2)17-15-28-29-16-17/h3-6,13-16H,7-12H2,1-2H3,(H,28,29). The van der Waals surface area contributed by atoms with Crippen molar-refractivity contribution in [1.82, 2.24) is 15.1 Å². The summed E-state index contributed by atoms with van der Waals surface area (Å²) in [5.41, 5.74) is 2.85. The van der Waals surface area contributed by atoms with Crippen molar-refractivity contribution in [2.24, 2.45) is 5.41 Å². The molecule has 2 aliphatic heterocycles. The number of carbonyl (C=O) groups excluding carboxylic acids is 2. The SMILES string of the molecule is COc1ccc(C(=O)N2CCC3(CC2)CCN(c2ccc(-c4cn[nH]c4)c(OC)c2)C3=O)c(Br)c1. The van der Waals surface area contributed by atoms with E-state index >= 15 is 0 Å². The topological polar surface area (TPSA) is 87.8 Å². The largest absolute Gasteiger partial charge is 0.497 e. The van der Waals surface area contributed by atoms with Gasteiger partial charge in [-0.15, -0.1) is 0 Å². The van der Waals surface area contributed by atoms with Crippen LogP contribution in [-0.4, -0.2) is 60.8 Å². The predicted molar refractivity (Wildman–Crippen MR) is 136 cm³/mol. The number of benzene rings is 2. The molecule has 0 radical (unpaired) electrons. The molecule has 0 unspecified atom stereocenters. The van der Waals surface area contributed by atoms with E-state index in [1.807, 2.05) is 34.2 Å². The number of aromatic nitrogens is 2. The highest BCUT2D eigenvalue weighted by Gasteiger charge is 2.49. The Morgan fingerprint density at radius 1 is 1.06 bits per heavy atom. The second-order valence-corrected chi connectivity index (χ2v) is 9.85. The van der Waals surface area contributed by atoms with Gasteiger partial charge in [0.15, 0.2) is 0 Å². The van der Waals surface area contributed by atoms with Crippen LogP contribution < -0.4 is 14.4 Å². The maximum Gasteiger partial charge on any atom is 0.255 e. The molecule has 0 saturated carbocycles.